The molecule has 1 rings (SSSR count). The van der Waals surface area contributed by atoms with Crippen LogP contribution in [0.2, 0.25) is 0 Å². The molecule has 0 radical (unpaired) electrons. The standard InChI is InChI=1S/C11H14ClNO3/c1-11(2,6-12)13-10(16)7-4-3-5-8(14)9(7)15/h3-5,14-15H,6H2,1-2H3,(H,13,16). The first-order valence-corrected chi connectivity index (χ1v) is 5.30. The van der Waals surface area contributed by atoms with Gasteiger partial charge in [0, 0.05) is 11.4 Å². The lowest BCUT2D eigenvalue weighted by atomic mass is 10.1. The molecule has 0 atom stereocenters. The van der Waals surface area contributed by atoms with Gasteiger partial charge in [-0.25, -0.2) is 0 Å². The average molecular weight is 244 g/mol. The summed E-state index contributed by atoms with van der Waals surface area (Å²) < 4.78 is 0. The van der Waals surface area contributed by atoms with E-state index in [2.05, 4.69) is 5.32 Å². The Balaban J connectivity index is 2.94. The number of hydrogen-bond acceptors (Lipinski definition) is 3. The van der Waals surface area contributed by atoms with E-state index in [1.54, 1.807) is 13.8 Å². The zero-order chi connectivity index (χ0) is 12.3. The van der Waals surface area contributed by atoms with Gasteiger partial charge in [-0.15, -0.1) is 11.6 Å². The van der Waals surface area contributed by atoms with Crippen molar-refractivity contribution < 1.29 is 15.0 Å². The fourth-order valence-electron chi connectivity index (χ4n) is 1.12. The minimum atomic E-state index is -0.573. The van der Waals surface area contributed by atoms with E-state index < -0.39 is 17.2 Å². The Labute approximate surface area is 98.9 Å². The molecule has 1 aromatic carbocycles. The number of nitrogens with one attached hydrogen (secondary N) is 1. The van der Waals surface area contributed by atoms with Gasteiger partial charge in [0.25, 0.3) is 5.91 Å². The summed E-state index contributed by atoms with van der Waals surface area (Å²) in [6.45, 7) is 3.52. The number of rotatable bonds is 3. The van der Waals surface area contributed by atoms with Crippen LogP contribution in [-0.2, 0) is 0 Å². The van der Waals surface area contributed by atoms with Crippen molar-refractivity contribution in [2.45, 2.75) is 19.4 Å². The third-order valence-electron chi connectivity index (χ3n) is 2.05. The Morgan fingerprint density at radius 1 is 1.44 bits per heavy atom. The van der Waals surface area contributed by atoms with E-state index >= 15 is 0 Å². The lowest BCUT2D eigenvalue weighted by Gasteiger charge is -2.23. The maximum Gasteiger partial charge on any atom is 0.255 e. The summed E-state index contributed by atoms with van der Waals surface area (Å²) in [5.41, 5.74) is -0.547. The minimum Gasteiger partial charge on any atom is -0.504 e. The van der Waals surface area contributed by atoms with Crippen LogP contribution in [0.15, 0.2) is 18.2 Å². The maximum atomic E-state index is 11.8. The molecule has 0 heterocycles. The predicted octanol–water partition coefficient (Wildman–Crippen LogP) is 1.85. The van der Waals surface area contributed by atoms with Gasteiger partial charge in [0.1, 0.15) is 0 Å². The van der Waals surface area contributed by atoms with Crippen LogP contribution >= 0.6 is 11.6 Å². The number of phenols is 2. The number of hydrogen-bond donors (Lipinski definition) is 3. The topological polar surface area (TPSA) is 69.6 Å². The SMILES string of the molecule is CC(C)(CCl)NC(=O)c1cccc(O)c1O. The van der Waals surface area contributed by atoms with E-state index in [-0.39, 0.29) is 17.2 Å². The molecule has 0 aromatic heterocycles. The molecule has 88 valence electrons. The molecule has 0 fully saturated rings. The Bertz CT molecular complexity index is 404. The number of alkyl halides is 1. The second-order valence-corrected chi connectivity index (χ2v) is 4.41. The number of carbonyl (C=O) groups is 1. The van der Waals surface area contributed by atoms with Crippen LogP contribution in [0.5, 0.6) is 11.5 Å². The summed E-state index contributed by atoms with van der Waals surface area (Å²) in [5.74, 6) is -0.973. The Morgan fingerprint density at radius 3 is 2.62 bits per heavy atom. The largest absolute Gasteiger partial charge is 0.504 e. The van der Waals surface area contributed by atoms with E-state index in [1.165, 1.54) is 18.2 Å². The number of aromatic hydroxyl groups is 2. The second kappa shape index (κ2) is 4.61. The van der Waals surface area contributed by atoms with Gasteiger partial charge < -0.3 is 15.5 Å². The first-order chi connectivity index (χ1) is 7.37. The lowest BCUT2D eigenvalue weighted by molar-refractivity contribution is 0.0917. The zero-order valence-corrected chi connectivity index (χ0v) is 9.88. The van der Waals surface area contributed by atoms with Gasteiger partial charge in [-0.3, -0.25) is 4.79 Å². The van der Waals surface area contributed by atoms with E-state index in [4.69, 9.17) is 11.6 Å². The summed E-state index contributed by atoms with van der Waals surface area (Å²) in [6.07, 6.45) is 0. The summed E-state index contributed by atoms with van der Waals surface area (Å²) in [6, 6.07) is 4.21. The number of benzene rings is 1. The highest BCUT2D eigenvalue weighted by molar-refractivity contribution is 6.18. The van der Waals surface area contributed by atoms with Crippen LogP contribution in [0, 0.1) is 0 Å². The van der Waals surface area contributed by atoms with E-state index in [1.807, 2.05) is 0 Å². The lowest BCUT2D eigenvalue weighted by Crippen LogP contribution is -2.44. The number of carbonyl (C=O) groups excluding carboxylic acids is 1. The first-order valence-electron chi connectivity index (χ1n) is 4.77. The third kappa shape index (κ3) is 2.79. The first kappa shape index (κ1) is 12.6. The highest BCUT2D eigenvalue weighted by atomic mass is 35.5. The number of amides is 1. The Kier molecular flexibility index (Phi) is 3.65. The van der Waals surface area contributed by atoms with E-state index in [0.29, 0.717) is 0 Å². The van der Waals surface area contributed by atoms with Crippen LogP contribution in [0.4, 0.5) is 0 Å². The highest BCUT2D eigenvalue weighted by Gasteiger charge is 2.22. The Morgan fingerprint density at radius 2 is 2.06 bits per heavy atom. The van der Waals surface area contributed by atoms with Crippen molar-refractivity contribution in [1.29, 1.82) is 0 Å². The second-order valence-electron chi connectivity index (χ2n) is 4.14. The van der Waals surface area contributed by atoms with E-state index in [9.17, 15) is 15.0 Å². The van der Waals surface area contributed by atoms with Crippen LogP contribution in [0.25, 0.3) is 0 Å². The van der Waals surface area contributed by atoms with Gasteiger partial charge in [-0.05, 0) is 26.0 Å². The van der Waals surface area contributed by atoms with Gasteiger partial charge in [0.05, 0.1) is 5.56 Å². The molecular formula is C11H14ClNO3. The van der Waals surface area contributed by atoms with Crippen LogP contribution in [0.1, 0.15) is 24.2 Å². The number of para-hydroxylation sites is 1. The maximum absolute atomic E-state index is 11.8. The van der Waals surface area contributed by atoms with Crippen molar-refractivity contribution in [3.05, 3.63) is 23.8 Å². The Hall–Kier alpha value is -1.42. The zero-order valence-electron chi connectivity index (χ0n) is 9.12. The van der Waals surface area contributed by atoms with Crippen molar-refractivity contribution in [2.24, 2.45) is 0 Å². The fraction of sp³-hybridized carbons (Fsp3) is 0.364. The van der Waals surface area contributed by atoms with Crippen molar-refractivity contribution in [3.8, 4) is 11.5 Å². The molecular weight excluding hydrogens is 230 g/mol. The van der Waals surface area contributed by atoms with Crippen LogP contribution in [-0.4, -0.2) is 27.5 Å². The summed E-state index contributed by atoms with van der Waals surface area (Å²) >= 11 is 5.67. The molecule has 0 saturated heterocycles. The molecule has 0 aliphatic carbocycles. The quantitative estimate of drug-likeness (QED) is 0.561. The van der Waals surface area contributed by atoms with Crippen molar-refractivity contribution in [2.75, 3.05) is 5.88 Å². The van der Waals surface area contributed by atoms with Gasteiger partial charge in [0.2, 0.25) is 0 Å². The summed E-state index contributed by atoms with van der Waals surface area (Å²) in [4.78, 5) is 11.8. The molecule has 0 bridgehead atoms. The molecule has 5 heteroatoms. The molecule has 0 unspecified atom stereocenters. The summed E-state index contributed by atoms with van der Waals surface area (Å²) in [7, 11) is 0. The monoisotopic (exact) mass is 243 g/mol. The van der Waals surface area contributed by atoms with Gasteiger partial charge in [-0.2, -0.15) is 0 Å². The predicted molar refractivity (Wildman–Crippen MR) is 62.0 cm³/mol. The molecule has 0 saturated carbocycles. The van der Waals surface area contributed by atoms with Crippen LogP contribution in [0.3, 0.4) is 0 Å². The molecule has 0 aliphatic rings. The molecule has 1 amide bonds. The summed E-state index contributed by atoms with van der Waals surface area (Å²) in [5, 5.41) is 21.4. The molecule has 1 aromatic rings. The van der Waals surface area contributed by atoms with Crippen molar-refractivity contribution in [3.63, 3.8) is 0 Å². The van der Waals surface area contributed by atoms with Gasteiger partial charge in [0.15, 0.2) is 11.5 Å². The van der Waals surface area contributed by atoms with Crippen molar-refractivity contribution >= 4 is 17.5 Å². The molecule has 16 heavy (non-hydrogen) atoms. The van der Waals surface area contributed by atoms with E-state index in [0.717, 1.165) is 0 Å². The highest BCUT2D eigenvalue weighted by Crippen LogP contribution is 2.28. The van der Waals surface area contributed by atoms with Crippen LogP contribution < -0.4 is 5.32 Å². The minimum absolute atomic E-state index is 0.0261. The number of halogens is 1. The molecule has 3 N–H and O–H groups in total. The molecule has 0 spiro atoms. The normalized spacial score (nSPS) is 11.2. The van der Waals surface area contributed by atoms with Crippen molar-refractivity contribution in [1.82, 2.24) is 5.32 Å². The molecule has 0 aliphatic heterocycles. The third-order valence-corrected chi connectivity index (χ3v) is 2.71. The number of phenolic OH excluding ortho intramolecular Hbond substituents is 2. The average Bonchev–Trinajstić information content (AvgIpc) is 2.21. The van der Waals surface area contributed by atoms with Gasteiger partial charge >= 0.3 is 0 Å². The fourth-order valence-corrected chi connectivity index (χ4v) is 1.19. The van der Waals surface area contributed by atoms with Gasteiger partial charge in [-0.1, -0.05) is 6.07 Å². The molecule has 4 nitrogen and oxygen atoms in total. The smallest absolute Gasteiger partial charge is 0.255 e.